The molecule has 0 N–H and O–H groups in total. The number of halogens is 8. The number of pyridine rings is 1. The van der Waals surface area contributed by atoms with Gasteiger partial charge in [0, 0.05) is 63.1 Å². The summed E-state index contributed by atoms with van der Waals surface area (Å²) in [6.07, 6.45) is -5.86. The molecule has 0 fully saturated rings. The van der Waals surface area contributed by atoms with E-state index in [1.165, 1.54) is 78.7 Å². The van der Waals surface area contributed by atoms with E-state index >= 15 is 0 Å². The number of para-hydroxylation sites is 1. The number of thiophene rings is 1. The molecule has 0 aliphatic heterocycles. The minimum atomic E-state index is -4.37. The second kappa shape index (κ2) is 61.9. The van der Waals surface area contributed by atoms with E-state index in [0.717, 1.165) is 93.1 Å². The molecular weight excluding hydrogens is 1720 g/mol. The maximum atomic E-state index is 12.8. The third-order valence-corrected chi connectivity index (χ3v) is 21.8. The molecular formula is C115H160ClF7N2O7S. The van der Waals surface area contributed by atoms with Crippen LogP contribution in [0.4, 0.5) is 30.7 Å². The zero-order valence-corrected chi connectivity index (χ0v) is 88.6. The summed E-state index contributed by atoms with van der Waals surface area (Å²) in [7, 11) is 1.71. The number of oxazole rings is 1. The summed E-state index contributed by atoms with van der Waals surface area (Å²) in [4.78, 5) is 11.3. The van der Waals surface area contributed by atoms with Gasteiger partial charge in [0.2, 0.25) is 5.76 Å². The van der Waals surface area contributed by atoms with Crippen LogP contribution < -0.4 is 4.74 Å². The monoisotopic (exact) mass is 1880 g/mol. The molecule has 13 aromatic rings. The molecule has 0 atom stereocenters. The fourth-order valence-corrected chi connectivity index (χ4v) is 12.8. The number of methoxy groups -OCH3 is 1. The molecule has 734 valence electrons. The minimum Gasteiger partial charge on any atom is -0.496 e. The van der Waals surface area contributed by atoms with E-state index < -0.39 is 23.7 Å². The first-order valence-electron chi connectivity index (χ1n) is 46.7. The number of furan rings is 5. The lowest BCUT2D eigenvalue weighted by atomic mass is 9.99. The summed E-state index contributed by atoms with van der Waals surface area (Å²) in [5, 5.41) is 0.471. The van der Waals surface area contributed by atoms with Gasteiger partial charge in [0.15, 0.2) is 11.1 Å². The van der Waals surface area contributed by atoms with E-state index in [4.69, 9.17) is 38.4 Å². The Kier molecular flexibility index (Phi) is 56.4. The Balaban J connectivity index is 0.000000721. The summed E-state index contributed by atoms with van der Waals surface area (Å²) < 4.78 is 122. The molecule has 0 radical (unpaired) electrons. The van der Waals surface area contributed by atoms with E-state index in [1.807, 2.05) is 107 Å². The lowest BCUT2D eigenvalue weighted by Crippen LogP contribution is -2.05. The number of rotatable bonds is 15. The van der Waals surface area contributed by atoms with Crippen molar-refractivity contribution in [2.75, 3.05) is 7.11 Å². The van der Waals surface area contributed by atoms with Crippen LogP contribution in [0, 0.1) is 68.1 Å². The third-order valence-electron chi connectivity index (χ3n) is 20.3. The fourth-order valence-electron chi connectivity index (χ4n) is 11.8. The average molecular weight is 1880 g/mol. The van der Waals surface area contributed by atoms with E-state index in [0.29, 0.717) is 76.1 Å². The van der Waals surface area contributed by atoms with Gasteiger partial charge in [-0.25, -0.2) is 9.37 Å². The highest BCUT2D eigenvalue weighted by molar-refractivity contribution is 7.12. The van der Waals surface area contributed by atoms with Gasteiger partial charge in [0.1, 0.15) is 63.4 Å². The number of aryl methyl sites for hydroxylation is 10. The molecule has 5 aromatic carbocycles. The Morgan fingerprint density at radius 3 is 1.18 bits per heavy atom. The third kappa shape index (κ3) is 49.3. The SMILES string of the molecule is CC(C)c1ccc(C(F)(F)F)o1.CC(C)c1ccc(Cl)o1.CC(C)c1cccc(C(F)(F)F)c1.CCc1ccc(C(C)C)o1.COc1ccccc1C(C)C.Cc1cc(C(C)C)ccc1F.Cc1cc(C(C)C)oc1C.Cc1ccc(C(C)C)o1.Cc1ccc(C(C)C)s1.Cc1cccc(C(C)C)c1.Cc1cccc(C(C)C)n1.Cc1ccccc1C(C)C.Cc1cnc(C(C)C)o1. The Hall–Kier alpha value is -9.84. The molecule has 18 heteroatoms. The van der Waals surface area contributed by atoms with Gasteiger partial charge in [-0.3, -0.25) is 4.98 Å². The number of hydrogen-bond acceptors (Lipinski definition) is 10. The van der Waals surface area contributed by atoms with Crippen LogP contribution in [-0.2, 0) is 18.8 Å². The number of aromatic nitrogens is 2. The van der Waals surface area contributed by atoms with Crippen LogP contribution in [0.1, 0.15) is 404 Å². The fraction of sp³-hybridized carbons (Fsp3) is 0.461. The number of hydrogen-bond donors (Lipinski definition) is 0. The molecule has 9 nitrogen and oxygen atoms in total. The van der Waals surface area contributed by atoms with Gasteiger partial charge in [-0.05, 0) is 257 Å². The Bertz CT molecular complexity index is 5010. The predicted molar refractivity (Wildman–Crippen MR) is 548 cm³/mol. The van der Waals surface area contributed by atoms with Crippen LogP contribution in [0.5, 0.6) is 5.75 Å². The van der Waals surface area contributed by atoms with Crippen LogP contribution in [0.2, 0.25) is 5.22 Å². The standard InChI is InChI=1S/C10H11F3.C10H13F.C10H14O.2C10H14.C9H13N.2C9H14O.C8H9F3O.C8H12O.C8H12S.C7H9ClO.C7H11NO/c1-7(2)8-4-3-5-9(6-8)10(11,12)13;1-7(2)9-4-5-10(11)8(3)6-9;1-8(2)9-6-4-5-7-10(9)11-3;1-8(2)10-6-4-5-9(3)7-10;1-8(2)10-7-5-4-6-9(10)3;1-7(2)9-6-4-5-8(3)10-9;1-6(2)9-5-7(3)8(4)10-9;1-4-8-5-6-9(10-8)7(2)3;1-5(2)6-3-4-7(12-6)8(9,10)11;2*1-6(2)8-5-4-7(3)9-8;1-5(2)6-3-4-7(8)9-6;1-5(2)7-8-4-6(3)9-7/h3-7H,1-2H3;4-7H,1-3H3;4-8H,1-3H3;2*4-8H,1-3H3;4-7H,1-3H3;5-6H,1-4H3;5-7H,4H2,1-3H3;3-5H,1-2H3;2*4-6H,1-3H3;3-5H,1-2H3;4-5H,1-3H3. The molecule has 0 aliphatic carbocycles. The normalized spacial score (nSPS) is 10.9. The van der Waals surface area contributed by atoms with Gasteiger partial charge >= 0.3 is 12.4 Å². The molecule has 0 unspecified atom stereocenters. The largest absolute Gasteiger partial charge is 0.496 e. The van der Waals surface area contributed by atoms with Crippen molar-refractivity contribution in [2.24, 2.45) is 0 Å². The van der Waals surface area contributed by atoms with Crippen LogP contribution >= 0.6 is 22.9 Å². The van der Waals surface area contributed by atoms with Crippen molar-refractivity contribution < 1.29 is 62.0 Å². The van der Waals surface area contributed by atoms with Crippen molar-refractivity contribution in [3.05, 3.63) is 358 Å². The van der Waals surface area contributed by atoms with Gasteiger partial charge in [-0.15, -0.1) is 11.3 Å². The maximum Gasteiger partial charge on any atom is 0.449 e. The molecule has 0 spiro atoms. The highest BCUT2D eigenvalue weighted by Crippen LogP contribution is 2.35. The number of benzene rings is 5. The van der Waals surface area contributed by atoms with Gasteiger partial charge in [-0.2, -0.15) is 26.3 Å². The van der Waals surface area contributed by atoms with E-state index in [1.54, 1.807) is 46.2 Å². The molecule has 8 aromatic heterocycles. The molecule has 0 aliphatic rings. The molecule has 8 heterocycles. The van der Waals surface area contributed by atoms with Crippen LogP contribution in [0.3, 0.4) is 0 Å². The van der Waals surface area contributed by atoms with Crippen LogP contribution in [0.25, 0.3) is 0 Å². The van der Waals surface area contributed by atoms with E-state index in [9.17, 15) is 30.7 Å². The van der Waals surface area contributed by atoms with Crippen LogP contribution in [0.15, 0.2) is 233 Å². The van der Waals surface area contributed by atoms with Crippen molar-refractivity contribution in [2.45, 2.75) is 345 Å². The first-order valence-corrected chi connectivity index (χ1v) is 47.9. The van der Waals surface area contributed by atoms with Crippen molar-refractivity contribution in [1.29, 1.82) is 0 Å². The summed E-state index contributed by atoms with van der Waals surface area (Å²) >= 11 is 7.43. The van der Waals surface area contributed by atoms with E-state index in [-0.39, 0.29) is 17.7 Å². The van der Waals surface area contributed by atoms with Gasteiger partial charge < -0.3 is 31.2 Å². The van der Waals surface area contributed by atoms with E-state index in [2.05, 4.69) is 298 Å². The van der Waals surface area contributed by atoms with Crippen molar-refractivity contribution in [1.82, 2.24) is 9.97 Å². The Labute approximate surface area is 805 Å². The zero-order valence-electron chi connectivity index (χ0n) is 87.0. The van der Waals surface area contributed by atoms with Gasteiger partial charge in [0.25, 0.3) is 0 Å². The molecule has 13 rings (SSSR count). The highest BCUT2D eigenvalue weighted by atomic mass is 35.5. The van der Waals surface area contributed by atoms with Crippen molar-refractivity contribution in [3.63, 3.8) is 0 Å². The van der Waals surface area contributed by atoms with Crippen LogP contribution in [-0.4, -0.2) is 17.1 Å². The molecule has 0 saturated heterocycles. The van der Waals surface area contributed by atoms with Gasteiger partial charge in [-0.1, -0.05) is 296 Å². The van der Waals surface area contributed by atoms with Gasteiger partial charge in [0.05, 0.1) is 18.9 Å². The lowest BCUT2D eigenvalue weighted by molar-refractivity contribution is -0.153. The second-order valence-electron chi connectivity index (χ2n) is 37.0. The molecule has 0 saturated carbocycles. The minimum absolute atomic E-state index is 0.0129. The Morgan fingerprint density at radius 1 is 0.368 bits per heavy atom. The first kappa shape index (κ1) is 121. The number of alkyl halides is 6. The Morgan fingerprint density at radius 2 is 0.865 bits per heavy atom. The zero-order chi connectivity index (χ0) is 101. The summed E-state index contributed by atoms with van der Waals surface area (Å²) in [5.41, 5.74) is 12.5. The number of nitrogens with zero attached hydrogens (tertiary/aromatic N) is 2. The molecule has 0 bridgehead atoms. The average Bonchev–Trinajstić information content (AvgIpc) is 1.69. The quantitative estimate of drug-likeness (QED) is 0.0926. The lowest BCUT2D eigenvalue weighted by Gasteiger charge is -2.10. The summed E-state index contributed by atoms with van der Waals surface area (Å²) in [5.74, 6) is 15.4. The number of ether oxygens (including phenoxy) is 1. The molecule has 133 heavy (non-hydrogen) atoms. The maximum absolute atomic E-state index is 12.8. The first-order chi connectivity index (χ1) is 61.9. The second-order valence-corrected chi connectivity index (χ2v) is 38.6. The van der Waals surface area contributed by atoms with Crippen molar-refractivity contribution >= 4 is 22.9 Å². The summed E-state index contributed by atoms with van der Waals surface area (Å²) in [6.45, 7) is 74.8. The summed E-state index contributed by atoms with van der Waals surface area (Å²) in [6, 6.07) is 62.8. The van der Waals surface area contributed by atoms with Crippen molar-refractivity contribution in [3.8, 4) is 5.75 Å². The smallest absolute Gasteiger partial charge is 0.449 e. The topological polar surface area (TPSA) is 114 Å². The predicted octanol–water partition coefficient (Wildman–Crippen LogP) is 39.1. The molecule has 0 amide bonds. The highest BCUT2D eigenvalue weighted by Gasteiger charge is 2.35.